The zero-order chi connectivity index (χ0) is 21.3. The number of hydrogen-bond acceptors (Lipinski definition) is 4. The van der Waals surface area contributed by atoms with Crippen molar-refractivity contribution in [2.24, 2.45) is 4.99 Å². The van der Waals surface area contributed by atoms with Gasteiger partial charge in [0, 0.05) is 11.6 Å². The van der Waals surface area contributed by atoms with Crippen LogP contribution in [0, 0.1) is 11.6 Å². The van der Waals surface area contributed by atoms with Crippen LogP contribution in [0.1, 0.15) is 41.3 Å². The van der Waals surface area contributed by atoms with Crippen LogP contribution in [-0.4, -0.2) is 23.1 Å². The van der Waals surface area contributed by atoms with E-state index in [0.717, 1.165) is 54.7 Å². The Balaban J connectivity index is 1.80. The quantitative estimate of drug-likeness (QED) is 0.584. The Morgan fingerprint density at radius 2 is 1.90 bits per heavy atom. The van der Waals surface area contributed by atoms with Crippen LogP contribution in [0.4, 0.5) is 8.78 Å². The topological polar surface area (TPSA) is 60.7 Å². The monoisotopic (exact) mass is 430 g/mol. The summed E-state index contributed by atoms with van der Waals surface area (Å²) >= 11 is 0.952. The van der Waals surface area contributed by atoms with Gasteiger partial charge >= 0.3 is 5.97 Å². The fourth-order valence-electron chi connectivity index (χ4n) is 3.71. The van der Waals surface area contributed by atoms with Crippen LogP contribution in [-0.2, 0) is 28.9 Å². The molecule has 0 saturated carbocycles. The number of esters is 1. The minimum absolute atomic E-state index is 0.0199. The van der Waals surface area contributed by atoms with Crippen molar-refractivity contribution < 1.29 is 23.1 Å². The maximum absolute atomic E-state index is 14.5. The average Bonchev–Trinajstić information content (AvgIpc) is 3.04. The van der Waals surface area contributed by atoms with Crippen molar-refractivity contribution in [2.45, 2.75) is 39.2 Å². The molecule has 0 aliphatic heterocycles. The largest absolute Gasteiger partial charge is 0.465 e. The first-order valence-corrected chi connectivity index (χ1v) is 10.6. The molecule has 1 aliphatic rings. The number of thiazole rings is 1. The van der Waals surface area contributed by atoms with Gasteiger partial charge in [-0.05, 0) is 61.9 Å². The maximum Gasteiger partial charge on any atom is 0.326 e. The highest BCUT2D eigenvalue weighted by molar-refractivity contribution is 7.16. The normalized spacial score (nSPS) is 14.0. The molecule has 2 aromatic carbocycles. The molecule has 30 heavy (non-hydrogen) atoms. The molecule has 0 N–H and O–H groups in total. The first-order valence-electron chi connectivity index (χ1n) is 9.81. The molecular weight excluding hydrogens is 410 g/mol. The maximum atomic E-state index is 14.5. The molecule has 8 heteroatoms. The van der Waals surface area contributed by atoms with E-state index in [4.69, 9.17) is 4.74 Å². The lowest BCUT2D eigenvalue weighted by molar-refractivity contribution is -0.143. The number of benzene rings is 2. The van der Waals surface area contributed by atoms with E-state index in [2.05, 4.69) is 4.99 Å². The highest BCUT2D eigenvalue weighted by atomic mass is 32.1. The molecule has 1 heterocycles. The van der Waals surface area contributed by atoms with Crippen LogP contribution in [0.5, 0.6) is 0 Å². The lowest BCUT2D eigenvalue weighted by Gasteiger charge is -2.15. The number of carbonyl (C=O) groups is 2. The molecule has 0 atom stereocenters. The number of aryl methyl sites for hydroxylation is 2. The second-order valence-electron chi connectivity index (χ2n) is 7.12. The summed E-state index contributed by atoms with van der Waals surface area (Å²) in [5.41, 5.74) is 2.84. The van der Waals surface area contributed by atoms with Crippen LogP contribution in [0.15, 0.2) is 35.3 Å². The highest BCUT2D eigenvalue weighted by Crippen LogP contribution is 2.24. The van der Waals surface area contributed by atoms with Gasteiger partial charge in [0.25, 0.3) is 5.91 Å². The summed E-state index contributed by atoms with van der Waals surface area (Å²) < 4.78 is 34.6. The van der Waals surface area contributed by atoms with Crippen LogP contribution in [0.2, 0.25) is 0 Å². The Kier molecular flexibility index (Phi) is 5.76. The second kappa shape index (κ2) is 8.47. The molecule has 0 radical (unpaired) electrons. The first kappa shape index (κ1) is 20.4. The van der Waals surface area contributed by atoms with E-state index < -0.39 is 23.5 Å². The Bertz CT molecular complexity index is 1210. The third-order valence-electron chi connectivity index (χ3n) is 5.08. The number of rotatable bonds is 4. The van der Waals surface area contributed by atoms with E-state index >= 15 is 0 Å². The number of amides is 1. The zero-order valence-corrected chi connectivity index (χ0v) is 17.2. The molecular formula is C22H20F2N2O3S. The van der Waals surface area contributed by atoms with Crippen molar-refractivity contribution in [3.8, 4) is 0 Å². The minimum atomic E-state index is -0.826. The van der Waals surface area contributed by atoms with Crippen molar-refractivity contribution in [1.82, 2.24) is 4.57 Å². The summed E-state index contributed by atoms with van der Waals surface area (Å²) in [5.74, 6) is -2.65. The molecule has 3 aromatic rings. The van der Waals surface area contributed by atoms with Crippen molar-refractivity contribution in [1.29, 1.82) is 0 Å². The van der Waals surface area contributed by atoms with Gasteiger partial charge in [0.1, 0.15) is 12.4 Å². The van der Waals surface area contributed by atoms with E-state index in [-0.39, 0.29) is 28.2 Å². The molecule has 4 rings (SSSR count). The average molecular weight is 430 g/mol. The van der Waals surface area contributed by atoms with E-state index in [1.165, 1.54) is 10.1 Å². The number of carbonyl (C=O) groups excluding carboxylic acids is 2. The van der Waals surface area contributed by atoms with Gasteiger partial charge in [-0.3, -0.25) is 9.59 Å². The van der Waals surface area contributed by atoms with Crippen molar-refractivity contribution >= 4 is 33.4 Å². The van der Waals surface area contributed by atoms with Gasteiger partial charge < -0.3 is 9.30 Å². The molecule has 1 aliphatic carbocycles. The molecule has 0 saturated heterocycles. The third kappa shape index (κ3) is 4.05. The van der Waals surface area contributed by atoms with Crippen LogP contribution in [0.3, 0.4) is 0 Å². The number of aromatic nitrogens is 1. The Labute approximate surface area is 175 Å². The minimum Gasteiger partial charge on any atom is -0.465 e. The van der Waals surface area contributed by atoms with Crippen molar-refractivity contribution in [3.63, 3.8) is 0 Å². The lowest BCUT2D eigenvalue weighted by atomic mass is 9.90. The third-order valence-corrected chi connectivity index (χ3v) is 6.11. The molecule has 0 bridgehead atoms. The van der Waals surface area contributed by atoms with Crippen molar-refractivity contribution in [3.05, 3.63) is 63.5 Å². The fraction of sp³-hybridized carbons (Fsp3) is 0.318. The van der Waals surface area contributed by atoms with E-state index in [0.29, 0.717) is 5.56 Å². The van der Waals surface area contributed by atoms with E-state index in [1.54, 1.807) is 13.0 Å². The smallest absolute Gasteiger partial charge is 0.326 e. The Morgan fingerprint density at radius 1 is 1.13 bits per heavy atom. The predicted molar refractivity (Wildman–Crippen MR) is 109 cm³/mol. The fourth-order valence-corrected chi connectivity index (χ4v) is 4.78. The molecule has 156 valence electrons. The summed E-state index contributed by atoms with van der Waals surface area (Å²) in [6.07, 6.45) is 4.15. The zero-order valence-electron chi connectivity index (χ0n) is 16.4. The number of hydrogen-bond donors (Lipinski definition) is 0. The van der Waals surface area contributed by atoms with Crippen LogP contribution < -0.4 is 4.80 Å². The first-order chi connectivity index (χ1) is 14.5. The molecule has 5 nitrogen and oxygen atoms in total. The molecule has 1 aromatic heterocycles. The molecule has 0 unspecified atom stereocenters. The van der Waals surface area contributed by atoms with Gasteiger partial charge in [0.15, 0.2) is 10.6 Å². The van der Waals surface area contributed by atoms with E-state index in [9.17, 15) is 18.4 Å². The van der Waals surface area contributed by atoms with Crippen LogP contribution >= 0.6 is 11.3 Å². The molecule has 0 fully saturated rings. The number of ether oxygens (including phenoxy) is 1. The number of nitrogens with zero attached hydrogens (tertiary/aromatic N) is 2. The number of fused-ring (bicyclic) bond motifs is 2. The van der Waals surface area contributed by atoms with Gasteiger partial charge in [0.05, 0.1) is 16.8 Å². The Morgan fingerprint density at radius 3 is 2.67 bits per heavy atom. The SMILES string of the molecule is CCOC(=O)Cn1c(=NC(=O)c2ccc3c(c2)CCCC3)sc2cc(F)cc(F)c21. The molecule has 1 amide bonds. The Hall–Kier alpha value is -2.87. The summed E-state index contributed by atoms with van der Waals surface area (Å²) in [7, 11) is 0. The summed E-state index contributed by atoms with van der Waals surface area (Å²) in [5, 5.41) is 0. The van der Waals surface area contributed by atoms with Gasteiger partial charge in [-0.2, -0.15) is 4.99 Å². The van der Waals surface area contributed by atoms with E-state index in [1.807, 2.05) is 12.1 Å². The number of halogens is 2. The highest BCUT2D eigenvalue weighted by Gasteiger charge is 2.18. The van der Waals surface area contributed by atoms with Gasteiger partial charge in [-0.15, -0.1) is 0 Å². The summed E-state index contributed by atoms with van der Waals surface area (Å²) in [6.45, 7) is 1.50. The van der Waals surface area contributed by atoms with Crippen molar-refractivity contribution in [2.75, 3.05) is 6.61 Å². The second-order valence-corrected chi connectivity index (χ2v) is 8.13. The van der Waals surface area contributed by atoms with Gasteiger partial charge in [-0.1, -0.05) is 17.4 Å². The van der Waals surface area contributed by atoms with Gasteiger partial charge in [-0.25, -0.2) is 8.78 Å². The molecule has 0 spiro atoms. The summed E-state index contributed by atoms with van der Waals surface area (Å²) in [6, 6.07) is 7.44. The van der Waals surface area contributed by atoms with Crippen LogP contribution in [0.25, 0.3) is 10.2 Å². The summed E-state index contributed by atoms with van der Waals surface area (Å²) in [4.78, 5) is 29.1. The standard InChI is InChI=1S/C22H20F2N2O3S/c1-2-29-19(27)12-26-20-17(24)10-16(23)11-18(20)30-22(26)25-21(28)15-8-7-13-5-3-4-6-14(13)9-15/h7-11H,2-6,12H2,1H3. The predicted octanol–water partition coefficient (Wildman–Crippen LogP) is 4.16. The van der Waals surface area contributed by atoms with Gasteiger partial charge in [0.2, 0.25) is 0 Å². The lowest BCUT2D eigenvalue weighted by Crippen LogP contribution is -2.23.